The summed E-state index contributed by atoms with van der Waals surface area (Å²) in [6.45, 7) is 10.5. The standard InChI is InChI=1S/C12H25NO3/c1-8(2)10(5)16-7-6-11(12(14)15)13-9(3)4/h8-11,13H,6-7H2,1-5H3,(H,14,15). The van der Waals surface area contributed by atoms with Crippen molar-refractivity contribution in [2.75, 3.05) is 6.61 Å². The van der Waals surface area contributed by atoms with E-state index in [1.54, 1.807) is 0 Å². The van der Waals surface area contributed by atoms with Crippen molar-refractivity contribution in [3.8, 4) is 0 Å². The van der Waals surface area contributed by atoms with Crippen LogP contribution in [0.5, 0.6) is 0 Å². The van der Waals surface area contributed by atoms with Gasteiger partial charge in [0.1, 0.15) is 6.04 Å². The van der Waals surface area contributed by atoms with Gasteiger partial charge in [0.25, 0.3) is 0 Å². The summed E-state index contributed by atoms with van der Waals surface area (Å²) in [5, 5.41) is 12.0. The van der Waals surface area contributed by atoms with E-state index in [0.717, 1.165) is 0 Å². The lowest BCUT2D eigenvalue weighted by Gasteiger charge is -2.20. The quantitative estimate of drug-likeness (QED) is 0.669. The molecule has 0 spiro atoms. The fourth-order valence-corrected chi connectivity index (χ4v) is 1.24. The van der Waals surface area contributed by atoms with Crippen LogP contribution in [0.1, 0.15) is 41.0 Å². The van der Waals surface area contributed by atoms with E-state index in [1.807, 2.05) is 20.8 Å². The van der Waals surface area contributed by atoms with Crippen LogP contribution >= 0.6 is 0 Å². The van der Waals surface area contributed by atoms with Crippen LogP contribution < -0.4 is 5.32 Å². The molecule has 4 nitrogen and oxygen atoms in total. The van der Waals surface area contributed by atoms with Crippen molar-refractivity contribution < 1.29 is 14.6 Å². The number of carboxylic acids is 1. The van der Waals surface area contributed by atoms with E-state index in [9.17, 15) is 4.79 Å². The van der Waals surface area contributed by atoms with Gasteiger partial charge in [0.2, 0.25) is 0 Å². The zero-order valence-electron chi connectivity index (χ0n) is 11.0. The molecule has 0 rings (SSSR count). The van der Waals surface area contributed by atoms with Crippen LogP contribution in [-0.4, -0.2) is 35.9 Å². The molecule has 0 aliphatic rings. The molecule has 0 aromatic rings. The summed E-state index contributed by atoms with van der Waals surface area (Å²) in [6.07, 6.45) is 0.679. The molecule has 16 heavy (non-hydrogen) atoms. The maximum absolute atomic E-state index is 10.9. The third-order valence-electron chi connectivity index (χ3n) is 2.56. The Bertz CT molecular complexity index is 204. The van der Waals surface area contributed by atoms with Crippen LogP contribution in [0.3, 0.4) is 0 Å². The van der Waals surface area contributed by atoms with Crippen molar-refractivity contribution in [3.63, 3.8) is 0 Å². The average molecular weight is 231 g/mol. The SMILES string of the molecule is CC(C)NC(CCOC(C)C(C)C)C(=O)O. The minimum absolute atomic E-state index is 0.170. The molecule has 0 heterocycles. The molecule has 0 aliphatic heterocycles. The largest absolute Gasteiger partial charge is 0.480 e. The highest BCUT2D eigenvalue weighted by atomic mass is 16.5. The monoisotopic (exact) mass is 231 g/mol. The summed E-state index contributed by atoms with van der Waals surface area (Å²) in [4.78, 5) is 10.9. The number of ether oxygens (including phenoxy) is 1. The van der Waals surface area contributed by atoms with Crippen LogP contribution in [0.2, 0.25) is 0 Å². The maximum atomic E-state index is 10.9. The van der Waals surface area contributed by atoms with E-state index in [4.69, 9.17) is 9.84 Å². The normalized spacial score (nSPS) is 15.4. The minimum atomic E-state index is -0.811. The molecule has 0 fully saturated rings. The molecule has 0 aromatic heterocycles. The van der Waals surface area contributed by atoms with Crippen LogP contribution in [-0.2, 0) is 9.53 Å². The molecule has 4 heteroatoms. The van der Waals surface area contributed by atoms with Crippen molar-refractivity contribution >= 4 is 5.97 Å². The van der Waals surface area contributed by atoms with Crippen LogP contribution in [0.15, 0.2) is 0 Å². The number of hydrogen-bond donors (Lipinski definition) is 2. The Labute approximate surface area is 98.4 Å². The summed E-state index contributed by atoms with van der Waals surface area (Å²) in [7, 11) is 0. The Kier molecular flexibility index (Phi) is 7.34. The summed E-state index contributed by atoms with van der Waals surface area (Å²) >= 11 is 0. The first-order valence-electron chi connectivity index (χ1n) is 5.95. The molecule has 0 saturated heterocycles. The number of carbonyl (C=O) groups is 1. The second-order valence-corrected chi connectivity index (χ2v) is 4.82. The molecule has 0 aliphatic carbocycles. The van der Waals surface area contributed by atoms with Gasteiger partial charge in [-0.05, 0) is 19.3 Å². The first-order valence-corrected chi connectivity index (χ1v) is 5.95. The average Bonchev–Trinajstić information content (AvgIpc) is 2.14. The summed E-state index contributed by atoms with van der Waals surface area (Å²) < 4.78 is 5.56. The van der Waals surface area contributed by atoms with Gasteiger partial charge in [-0.3, -0.25) is 4.79 Å². The van der Waals surface area contributed by atoms with Crippen molar-refractivity contribution in [1.82, 2.24) is 5.32 Å². The molecule has 0 saturated carbocycles. The van der Waals surface area contributed by atoms with Crippen molar-refractivity contribution in [1.29, 1.82) is 0 Å². The Balaban J connectivity index is 3.89. The molecular formula is C12H25NO3. The molecule has 0 aromatic carbocycles. The predicted octanol–water partition coefficient (Wildman–Crippen LogP) is 1.89. The smallest absolute Gasteiger partial charge is 0.320 e. The predicted molar refractivity (Wildman–Crippen MR) is 64.6 cm³/mol. The number of hydrogen-bond acceptors (Lipinski definition) is 3. The van der Waals surface area contributed by atoms with E-state index < -0.39 is 12.0 Å². The third-order valence-corrected chi connectivity index (χ3v) is 2.56. The fraction of sp³-hybridized carbons (Fsp3) is 0.917. The third kappa shape index (κ3) is 6.80. The summed E-state index contributed by atoms with van der Waals surface area (Å²) in [5.41, 5.74) is 0. The Morgan fingerprint density at radius 2 is 1.81 bits per heavy atom. The van der Waals surface area contributed by atoms with Gasteiger partial charge in [0, 0.05) is 12.6 Å². The van der Waals surface area contributed by atoms with Crippen molar-refractivity contribution in [2.24, 2.45) is 5.92 Å². The molecule has 2 N–H and O–H groups in total. The highest BCUT2D eigenvalue weighted by Crippen LogP contribution is 2.06. The Morgan fingerprint density at radius 1 is 1.25 bits per heavy atom. The van der Waals surface area contributed by atoms with E-state index in [1.165, 1.54) is 0 Å². The molecule has 0 amide bonds. The maximum Gasteiger partial charge on any atom is 0.320 e. The number of rotatable bonds is 8. The van der Waals surface area contributed by atoms with Crippen LogP contribution in [0, 0.1) is 5.92 Å². The van der Waals surface area contributed by atoms with Gasteiger partial charge < -0.3 is 15.2 Å². The fourth-order valence-electron chi connectivity index (χ4n) is 1.24. The van der Waals surface area contributed by atoms with Gasteiger partial charge in [0.05, 0.1) is 6.10 Å². The first kappa shape index (κ1) is 15.4. The number of nitrogens with one attached hydrogen (secondary N) is 1. The molecule has 96 valence electrons. The Hall–Kier alpha value is -0.610. The molecule has 0 bridgehead atoms. The number of aliphatic carboxylic acids is 1. The Morgan fingerprint density at radius 3 is 2.19 bits per heavy atom. The van der Waals surface area contributed by atoms with E-state index in [-0.39, 0.29) is 12.1 Å². The van der Waals surface area contributed by atoms with Gasteiger partial charge in [-0.2, -0.15) is 0 Å². The lowest BCUT2D eigenvalue weighted by atomic mass is 10.1. The zero-order valence-corrected chi connectivity index (χ0v) is 11.0. The van der Waals surface area contributed by atoms with Gasteiger partial charge in [-0.15, -0.1) is 0 Å². The van der Waals surface area contributed by atoms with Crippen molar-refractivity contribution in [3.05, 3.63) is 0 Å². The number of carboxylic acid groups (broad SMARTS) is 1. The van der Waals surface area contributed by atoms with Crippen LogP contribution in [0.25, 0.3) is 0 Å². The van der Waals surface area contributed by atoms with E-state index >= 15 is 0 Å². The van der Waals surface area contributed by atoms with Crippen LogP contribution in [0.4, 0.5) is 0 Å². The topological polar surface area (TPSA) is 58.6 Å². The van der Waals surface area contributed by atoms with E-state index in [2.05, 4.69) is 19.2 Å². The summed E-state index contributed by atoms with van der Waals surface area (Å²) in [6, 6.07) is -0.344. The van der Waals surface area contributed by atoms with Gasteiger partial charge in [0.15, 0.2) is 0 Å². The molecular weight excluding hydrogens is 206 g/mol. The van der Waals surface area contributed by atoms with Gasteiger partial charge in [-0.25, -0.2) is 0 Å². The molecule has 0 radical (unpaired) electrons. The minimum Gasteiger partial charge on any atom is -0.480 e. The highest BCUT2D eigenvalue weighted by Gasteiger charge is 2.18. The second kappa shape index (κ2) is 7.63. The zero-order chi connectivity index (χ0) is 12.7. The lowest BCUT2D eigenvalue weighted by Crippen LogP contribution is -2.41. The van der Waals surface area contributed by atoms with Gasteiger partial charge >= 0.3 is 5.97 Å². The highest BCUT2D eigenvalue weighted by molar-refractivity contribution is 5.73. The lowest BCUT2D eigenvalue weighted by molar-refractivity contribution is -0.140. The van der Waals surface area contributed by atoms with Gasteiger partial charge in [-0.1, -0.05) is 27.7 Å². The second-order valence-electron chi connectivity index (χ2n) is 4.82. The molecule has 2 atom stereocenters. The molecule has 2 unspecified atom stereocenters. The van der Waals surface area contributed by atoms with Crippen molar-refractivity contribution in [2.45, 2.75) is 59.2 Å². The summed E-state index contributed by atoms with van der Waals surface area (Å²) in [5.74, 6) is -0.351. The van der Waals surface area contributed by atoms with E-state index in [0.29, 0.717) is 18.9 Å². The first-order chi connectivity index (χ1) is 7.34.